The van der Waals surface area contributed by atoms with Crippen LogP contribution in [0.1, 0.15) is 28.3 Å². The van der Waals surface area contributed by atoms with Gasteiger partial charge in [-0.3, -0.25) is 5.32 Å². The van der Waals surface area contributed by atoms with Crippen LogP contribution in [-0.2, 0) is 0 Å². The summed E-state index contributed by atoms with van der Waals surface area (Å²) in [7, 11) is 0. The van der Waals surface area contributed by atoms with Gasteiger partial charge in [0.05, 0.1) is 17.3 Å². The van der Waals surface area contributed by atoms with Crippen molar-refractivity contribution in [2.24, 2.45) is 4.99 Å². The lowest BCUT2D eigenvalue weighted by atomic mass is 9.93. The summed E-state index contributed by atoms with van der Waals surface area (Å²) in [5, 5.41) is 32.9. The second-order valence-electron chi connectivity index (χ2n) is 6.72. The summed E-state index contributed by atoms with van der Waals surface area (Å²) in [5.74, 6) is 0.523. The Morgan fingerprint density at radius 3 is 2.42 bits per heavy atom. The van der Waals surface area contributed by atoms with E-state index in [9.17, 15) is 5.26 Å². The molecule has 148 valence electrons. The average Bonchev–Trinajstić information content (AvgIpc) is 2.79. The van der Waals surface area contributed by atoms with E-state index in [0.717, 1.165) is 16.7 Å². The number of aliphatic imine (C=N–C) groups is 1. The maximum absolute atomic E-state index is 9.41. The smallest absolute Gasteiger partial charge is 0.211 e. The highest BCUT2D eigenvalue weighted by Crippen LogP contribution is 2.40. The normalized spacial score (nSPS) is 14.1. The molecule has 0 fully saturated rings. The summed E-state index contributed by atoms with van der Waals surface area (Å²) in [6.07, 6.45) is 1.82. The number of nitrogens with zero attached hydrogens (tertiary/aromatic N) is 5. The third-order valence-corrected chi connectivity index (χ3v) is 4.91. The highest BCUT2D eigenvalue weighted by Gasteiger charge is 2.29. The van der Waals surface area contributed by atoms with E-state index in [4.69, 9.17) is 22.0 Å². The lowest BCUT2D eigenvalue weighted by molar-refractivity contribution is 0.847. The number of pyridine rings is 1. The van der Waals surface area contributed by atoms with E-state index in [1.807, 2.05) is 54.7 Å². The molecule has 3 aromatic rings. The summed E-state index contributed by atoms with van der Waals surface area (Å²) in [6, 6.07) is 18.4. The van der Waals surface area contributed by atoms with Crippen LogP contribution in [0.3, 0.4) is 0 Å². The lowest BCUT2D eigenvalue weighted by Gasteiger charge is -2.26. The van der Waals surface area contributed by atoms with Crippen molar-refractivity contribution in [2.75, 3.05) is 16.8 Å². The van der Waals surface area contributed by atoms with Gasteiger partial charge in [0, 0.05) is 5.56 Å². The van der Waals surface area contributed by atoms with Crippen molar-refractivity contribution >= 4 is 23.3 Å². The number of nitriles is 3. The Labute approximate surface area is 177 Å². The molecule has 2 aromatic carbocycles. The molecule has 2 heterocycles. The maximum Gasteiger partial charge on any atom is 0.211 e. The monoisotopic (exact) mass is 405 g/mol. The highest BCUT2D eigenvalue weighted by molar-refractivity contribution is 5.98. The highest BCUT2D eigenvalue weighted by atomic mass is 15.2. The number of hydrogen-bond acceptors (Lipinski definition) is 9. The van der Waals surface area contributed by atoms with E-state index in [-0.39, 0.29) is 23.0 Å². The molecular weight excluding hydrogens is 390 g/mol. The van der Waals surface area contributed by atoms with Gasteiger partial charge in [0.15, 0.2) is 6.19 Å². The van der Waals surface area contributed by atoms with Gasteiger partial charge in [0.2, 0.25) is 5.96 Å². The Bertz CT molecular complexity index is 1340. The lowest BCUT2D eigenvalue weighted by Crippen LogP contribution is -2.32. The average molecular weight is 405 g/mol. The SMILES string of the molecule is N#CNC1=NC(c2ccc(-c3cccc(C#N)c3)cc2)c2c(nc(N)c(C#N)c2N)N1. The van der Waals surface area contributed by atoms with Gasteiger partial charge < -0.3 is 16.8 Å². The Morgan fingerprint density at radius 2 is 1.74 bits per heavy atom. The van der Waals surface area contributed by atoms with E-state index >= 15 is 0 Å². The summed E-state index contributed by atoms with van der Waals surface area (Å²) in [5.41, 5.74) is 16.1. The number of fused-ring (bicyclic) bond motifs is 1. The van der Waals surface area contributed by atoms with Crippen LogP contribution in [0, 0.1) is 34.1 Å². The second kappa shape index (κ2) is 7.75. The van der Waals surface area contributed by atoms with Crippen molar-refractivity contribution in [1.82, 2.24) is 10.3 Å². The number of anilines is 3. The topological polar surface area (TPSA) is 173 Å². The Morgan fingerprint density at radius 1 is 0.968 bits per heavy atom. The number of rotatable bonds is 2. The molecule has 31 heavy (non-hydrogen) atoms. The van der Waals surface area contributed by atoms with Crippen LogP contribution in [0.5, 0.6) is 0 Å². The number of guanidine groups is 1. The number of benzene rings is 2. The predicted molar refractivity (Wildman–Crippen MR) is 116 cm³/mol. The molecule has 1 unspecified atom stereocenters. The predicted octanol–water partition coefficient (Wildman–Crippen LogP) is 2.60. The van der Waals surface area contributed by atoms with Crippen molar-refractivity contribution < 1.29 is 0 Å². The molecule has 0 saturated carbocycles. The number of nitrogen functional groups attached to an aromatic ring is 2. The van der Waals surface area contributed by atoms with Crippen molar-refractivity contribution in [2.45, 2.75) is 6.04 Å². The minimum Gasteiger partial charge on any atom is -0.397 e. The molecule has 4 rings (SSSR count). The molecule has 0 amide bonds. The molecule has 6 N–H and O–H groups in total. The van der Waals surface area contributed by atoms with Crippen LogP contribution in [0.15, 0.2) is 53.5 Å². The van der Waals surface area contributed by atoms with E-state index in [2.05, 4.69) is 26.7 Å². The minimum absolute atomic E-state index is 0.00377. The van der Waals surface area contributed by atoms with Gasteiger partial charge in [0.1, 0.15) is 29.3 Å². The summed E-state index contributed by atoms with van der Waals surface area (Å²) in [4.78, 5) is 8.78. The first-order valence-electron chi connectivity index (χ1n) is 9.15. The van der Waals surface area contributed by atoms with Crippen LogP contribution < -0.4 is 22.1 Å². The zero-order valence-electron chi connectivity index (χ0n) is 16.1. The fourth-order valence-corrected chi connectivity index (χ4v) is 3.45. The Hall–Kier alpha value is -5.07. The minimum atomic E-state index is -0.605. The van der Waals surface area contributed by atoms with Gasteiger partial charge in [-0.1, -0.05) is 36.4 Å². The van der Waals surface area contributed by atoms with Crippen LogP contribution in [0.4, 0.5) is 17.3 Å². The molecule has 0 bridgehead atoms. The van der Waals surface area contributed by atoms with E-state index in [1.165, 1.54) is 0 Å². The second-order valence-corrected chi connectivity index (χ2v) is 6.72. The number of nitrogens with two attached hydrogens (primary N) is 2. The van der Waals surface area contributed by atoms with E-state index in [1.54, 1.807) is 6.07 Å². The van der Waals surface area contributed by atoms with Crippen molar-refractivity contribution in [3.63, 3.8) is 0 Å². The molecule has 0 spiro atoms. The zero-order valence-corrected chi connectivity index (χ0v) is 16.1. The quantitative estimate of drug-likeness (QED) is 0.372. The van der Waals surface area contributed by atoms with Gasteiger partial charge >= 0.3 is 0 Å². The molecule has 9 nitrogen and oxygen atoms in total. The molecule has 1 aliphatic rings. The summed E-state index contributed by atoms with van der Waals surface area (Å²) in [6.45, 7) is 0. The third-order valence-electron chi connectivity index (χ3n) is 4.91. The van der Waals surface area contributed by atoms with Gasteiger partial charge in [0.25, 0.3) is 0 Å². The van der Waals surface area contributed by atoms with Crippen LogP contribution in [0.25, 0.3) is 11.1 Å². The fourth-order valence-electron chi connectivity index (χ4n) is 3.45. The van der Waals surface area contributed by atoms with Crippen LogP contribution in [-0.4, -0.2) is 10.9 Å². The number of nitrogens with one attached hydrogen (secondary N) is 2. The molecule has 0 saturated heterocycles. The van der Waals surface area contributed by atoms with Crippen LogP contribution >= 0.6 is 0 Å². The van der Waals surface area contributed by atoms with E-state index in [0.29, 0.717) is 16.9 Å². The molecular formula is C22H15N9. The molecule has 0 aliphatic carbocycles. The summed E-state index contributed by atoms with van der Waals surface area (Å²) < 4.78 is 0. The fraction of sp³-hybridized carbons (Fsp3) is 0.0455. The van der Waals surface area contributed by atoms with Gasteiger partial charge in [-0.05, 0) is 28.8 Å². The van der Waals surface area contributed by atoms with Crippen molar-refractivity contribution in [1.29, 1.82) is 15.8 Å². The van der Waals surface area contributed by atoms with Crippen molar-refractivity contribution in [3.05, 3.63) is 70.8 Å². The zero-order chi connectivity index (χ0) is 22.0. The molecule has 1 aliphatic heterocycles. The molecule has 0 radical (unpaired) electrons. The first kappa shape index (κ1) is 19.3. The molecule has 1 aromatic heterocycles. The number of hydrogen-bond donors (Lipinski definition) is 4. The standard InChI is InChI=1S/C22H15N9/c23-9-12-2-1-3-15(8-12)13-4-6-14(7-5-13)19-17-18(26)16(10-24)20(27)30-21(17)31-22(29-19)28-11-25/h1-8,19H,(H6,26,27,28,29,30,31). The first-order chi connectivity index (χ1) is 15.0. The van der Waals surface area contributed by atoms with Gasteiger partial charge in [-0.2, -0.15) is 15.8 Å². The molecule has 1 atom stereocenters. The van der Waals surface area contributed by atoms with Crippen molar-refractivity contribution in [3.8, 4) is 29.5 Å². The maximum atomic E-state index is 9.41. The number of aromatic nitrogens is 1. The third kappa shape index (κ3) is 3.42. The largest absolute Gasteiger partial charge is 0.397 e. The van der Waals surface area contributed by atoms with Crippen LogP contribution in [0.2, 0.25) is 0 Å². The summed E-state index contributed by atoms with van der Waals surface area (Å²) >= 11 is 0. The van der Waals surface area contributed by atoms with Gasteiger partial charge in [-0.25, -0.2) is 9.98 Å². The first-order valence-corrected chi connectivity index (χ1v) is 9.15. The Kier molecular flexibility index (Phi) is 4.81. The van der Waals surface area contributed by atoms with Gasteiger partial charge in [-0.15, -0.1) is 0 Å². The van der Waals surface area contributed by atoms with E-state index < -0.39 is 6.04 Å². The molecule has 9 heteroatoms. The Balaban J connectivity index is 1.81.